The summed E-state index contributed by atoms with van der Waals surface area (Å²) in [5.41, 5.74) is -0.262. The van der Waals surface area contributed by atoms with Gasteiger partial charge >= 0.3 is 5.69 Å². The number of nitro groups is 1. The van der Waals surface area contributed by atoms with Gasteiger partial charge in [0.15, 0.2) is 12.4 Å². The molecule has 0 radical (unpaired) electrons. The van der Waals surface area contributed by atoms with Crippen molar-refractivity contribution >= 4 is 23.2 Å². The lowest BCUT2D eigenvalue weighted by Gasteiger charge is -2.17. The number of nitro benzene ring substituents is 1. The maximum atomic E-state index is 11.6. The second-order valence-corrected chi connectivity index (χ2v) is 5.19. The number of nitrogens with zero attached hydrogens (tertiary/aromatic N) is 1. The van der Waals surface area contributed by atoms with E-state index in [0.29, 0.717) is 5.92 Å². The fraction of sp³-hybridized carbons (Fsp3) is 0.462. The van der Waals surface area contributed by atoms with Gasteiger partial charge in [-0.05, 0) is 25.0 Å². The van der Waals surface area contributed by atoms with Crippen LogP contribution in [0.2, 0.25) is 5.02 Å². The summed E-state index contributed by atoms with van der Waals surface area (Å²) in [5.74, 6) is -0.00832. The Hall–Kier alpha value is -1.82. The van der Waals surface area contributed by atoms with Crippen LogP contribution in [0.5, 0.6) is 5.75 Å². The highest BCUT2D eigenvalue weighted by molar-refractivity contribution is 6.30. The first-order chi connectivity index (χ1) is 9.31. The Labute approximate surface area is 122 Å². The number of nitrogens with one attached hydrogen (secondary N) is 1. The van der Waals surface area contributed by atoms with Crippen LogP contribution in [0.4, 0.5) is 5.69 Å². The zero-order valence-corrected chi connectivity index (χ0v) is 12.3. The molecule has 1 aromatic carbocycles. The van der Waals surface area contributed by atoms with E-state index in [2.05, 4.69) is 5.32 Å². The Morgan fingerprint density at radius 1 is 1.45 bits per heavy atom. The molecule has 0 spiro atoms. The number of halogens is 1. The minimum absolute atomic E-state index is 0.00584. The summed E-state index contributed by atoms with van der Waals surface area (Å²) >= 11 is 5.69. The molecular weight excluding hydrogens is 284 g/mol. The molecule has 0 aliphatic heterocycles. The van der Waals surface area contributed by atoms with Crippen molar-refractivity contribution in [3.05, 3.63) is 33.3 Å². The minimum atomic E-state index is -0.601. The second-order valence-electron chi connectivity index (χ2n) is 4.76. The molecule has 110 valence electrons. The van der Waals surface area contributed by atoms with Crippen LogP contribution >= 0.6 is 11.6 Å². The Kier molecular flexibility index (Phi) is 5.76. The minimum Gasteiger partial charge on any atom is -0.477 e. The van der Waals surface area contributed by atoms with Gasteiger partial charge in [-0.15, -0.1) is 0 Å². The molecule has 1 rings (SSSR count). The topological polar surface area (TPSA) is 81.5 Å². The summed E-state index contributed by atoms with van der Waals surface area (Å²) < 4.78 is 5.18. The van der Waals surface area contributed by atoms with Crippen molar-refractivity contribution in [2.75, 3.05) is 6.61 Å². The SMILES string of the molecule is CC(C)C(C)NC(=O)COc1ccc(Cl)cc1[N+](=O)[O-]. The first kappa shape index (κ1) is 16.2. The number of ether oxygens (including phenoxy) is 1. The Morgan fingerprint density at radius 3 is 2.65 bits per heavy atom. The second kappa shape index (κ2) is 7.09. The van der Waals surface area contributed by atoms with Crippen LogP contribution in [0.3, 0.4) is 0 Å². The molecule has 1 N–H and O–H groups in total. The third kappa shape index (κ3) is 4.70. The van der Waals surface area contributed by atoms with Crippen LogP contribution in [0.15, 0.2) is 18.2 Å². The van der Waals surface area contributed by atoms with Crippen LogP contribution in [0.1, 0.15) is 20.8 Å². The first-order valence-electron chi connectivity index (χ1n) is 6.17. The third-order valence-electron chi connectivity index (χ3n) is 2.87. The number of rotatable bonds is 6. The molecule has 0 aromatic heterocycles. The van der Waals surface area contributed by atoms with Crippen molar-refractivity contribution in [1.29, 1.82) is 0 Å². The van der Waals surface area contributed by atoms with E-state index in [1.54, 1.807) is 0 Å². The van der Waals surface area contributed by atoms with E-state index in [4.69, 9.17) is 16.3 Å². The molecule has 1 atom stereocenters. The van der Waals surface area contributed by atoms with E-state index in [-0.39, 0.29) is 35.0 Å². The fourth-order valence-electron chi connectivity index (χ4n) is 1.36. The van der Waals surface area contributed by atoms with Gasteiger partial charge in [0, 0.05) is 17.1 Å². The van der Waals surface area contributed by atoms with Gasteiger partial charge < -0.3 is 10.1 Å². The lowest BCUT2D eigenvalue weighted by molar-refractivity contribution is -0.385. The molecular formula is C13H17ClN2O4. The molecule has 1 aromatic rings. The first-order valence-corrected chi connectivity index (χ1v) is 6.55. The zero-order valence-electron chi connectivity index (χ0n) is 11.6. The summed E-state index contributed by atoms with van der Waals surface area (Å²) in [6.07, 6.45) is 0. The molecule has 6 nitrogen and oxygen atoms in total. The smallest absolute Gasteiger partial charge is 0.312 e. The molecule has 0 fully saturated rings. The van der Waals surface area contributed by atoms with Gasteiger partial charge in [0.25, 0.3) is 5.91 Å². The summed E-state index contributed by atoms with van der Waals surface area (Å²) in [6.45, 7) is 5.57. The lowest BCUT2D eigenvalue weighted by Crippen LogP contribution is -2.38. The third-order valence-corrected chi connectivity index (χ3v) is 3.10. The van der Waals surface area contributed by atoms with Gasteiger partial charge in [-0.25, -0.2) is 0 Å². The highest BCUT2D eigenvalue weighted by atomic mass is 35.5. The highest BCUT2D eigenvalue weighted by Gasteiger charge is 2.17. The largest absolute Gasteiger partial charge is 0.477 e. The molecule has 0 aliphatic rings. The molecule has 0 aliphatic carbocycles. The summed E-state index contributed by atoms with van der Waals surface area (Å²) in [6, 6.07) is 4.04. The summed E-state index contributed by atoms with van der Waals surface area (Å²) in [7, 11) is 0. The van der Waals surface area contributed by atoms with E-state index in [1.165, 1.54) is 18.2 Å². The Morgan fingerprint density at radius 2 is 2.10 bits per heavy atom. The van der Waals surface area contributed by atoms with Crippen molar-refractivity contribution in [3.8, 4) is 5.75 Å². The van der Waals surface area contributed by atoms with E-state index in [1.807, 2.05) is 20.8 Å². The van der Waals surface area contributed by atoms with Crippen molar-refractivity contribution < 1.29 is 14.5 Å². The molecule has 1 unspecified atom stereocenters. The molecule has 0 heterocycles. The van der Waals surface area contributed by atoms with Gasteiger partial charge in [0.1, 0.15) is 0 Å². The average molecular weight is 301 g/mol. The monoisotopic (exact) mass is 300 g/mol. The van der Waals surface area contributed by atoms with Crippen LogP contribution < -0.4 is 10.1 Å². The van der Waals surface area contributed by atoms with Gasteiger partial charge in [-0.2, -0.15) is 0 Å². The molecule has 7 heteroatoms. The van der Waals surface area contributed by atoms with Crippen LogP contribution in [-0.2, 0) is 4.79 Å². The van der Waals surface area contributed by atoms with Crippen molar-refractivity contribution in [3.63, 3.8) is 0 Å². The van der Waals surface area contributed by atoms with E-state index < -0.39 is 4.92 Å². The number of carbonyl (C=O) groups is 1. The maximum absolute atomic E-state index is 11.6. The predicted molar refractivity (Wildman–Crippen MR) is 76.0 cm³/mol. The van der Waals surface area contributed by atoms with Crippen molar-refractivity contribution in [2.45, 2.75) is 26.8 Å². The van der Waals surface area contributed by atoms with Crippen LogP contribution in [0.25, 0.3) is 0 Å². The standard InChI is InChI=1S/C13H17ClN2O4/c1-8(2)9(3)15-13(17)7-20-12-5-4-10(14)6-11(12)16(18)19/h4-6,8-9H,7H2,1-3H3,(H,15,17). The number of carbonyl (C=O) groups excluding carboxylic acids is 1. The van der Waals surface area contributed by atoms with Crippen LogP contribution in [0, 0.1) is 16.0 Å². The number of hydrogen-bond donors (Lipinski definition) is 1. The molecule has 0 saturated carbocycles. The number of benzene rings is 1. The number of hydrogen-bond acceptors (Lipinski definition) is 4. The summed E-state index contributed by atoms with van der Waals surface area (Å²) in [5, 5.41) is 13.8. The van der Waals surface area contributed by atoms with E-state index in [9.17, 15) is 14.9 Å². The maximum Gasteiger partial charge on any atom is 0.312 e. The van der Waals surface area contributed by atoms with Crippen molar-refractivity contribution in [1.82, 2.24) is 5.32 Å². The lowest BCUT2D eigenvalue weighted by atomic mass is 10.1. The van der Waals surface area contributed by atoms with E-state index in [0.717, 1.165) is 0 Å². The van der Waals surface area contributed by atoms with Crippen molar-refractivity contribution in [2.24, 2.45) is 5.92 Å². The molecule has 1 amide bonds. The van der Waals surface area contributed by atoms with Gasteiger partial charge in [0.2, 0.25) is 0 Å². The molecule has 0 bridgehead atoms. The zero-order chi connectivity index (χ0) is 15.3. The van der Waals surface area contributed by atoms with Gasteiger partial charge in [-0.1, -0.05) is 25.4 Å². The molecule has 20 heavy (non-hydrogen) atoms. The van der Waals surface area contributed by atoms with Gasteiger partial charge in [-0.3, -0.25) is 14.9 Å². The van der Waals surface area contributed by atoms with Gasteiger partial charge in [0.05, 0.1) is 4.92 Å². The number of amides is 1. The van der Waals surface area contributed by atoms with E-state index >= 15 is 0 Å². The highest BCUT2D eigenvalue weighted by Crippen LogP contribution is 2.29. The summed E-state index contributed by atoms with van der Waals surface area (Å²) in [4.78, 5) is 21.9. The Balaban J connectivity index is 2.66. The molecule has 0 saturated heterocycles. The quantitative estimate of drug-likeness (QED) is 0.647. The Bertz CT molecular complexity index is 505. The predicted octanol–water partition coefficient (Wildman–Crippen LogP) is 2.79. The average Bonchev–Trinajstić information content (AvgIpc) is 2.36. The fourth-order valence-corrected chi connectivity index (χ4v) is 1.53. The van der Waals surface area contributed by atoms with Crippen LogP contribution in [-0.4, -0.2) is 23.5 Å². The normalized spacial score (nSPS) is 12.1.